The summed E-state index contributed by atoms with van der Waals surface area (Å²) in [7, 11) is 0. The maximum absolute atomic E-state index is 12.8. The topological polar surface area (TPSA) is 53.5 Å². The predicted octanol–water partition coefficient (Wildman–Crippen LogP) is 3.03. The number of pyridine rings is 1. The van der Waals surface area contributed by atoms with Crippen LogP contribution in [-0.4, -0.2) is 52.8 Å². The number of fused-ring (bicyclic) bond motifs is 1. The summed E-state index contributed by atoms with van der Waals surface area (Å²) in [6.45, 7) is 3.18. The first-order valence-corrected chi connectivity index (χ1v) is 10.1. The van der Waals surface area contributed by atoms with E-state index in [0.29, 0.717) is 25.4 Å². The normalized spacial score (nSPS) is 18.7. The standard InChI is InChI=1S/C22H27N3O2/c26-20(16-19-7-4-6-17-8-5-11-23-21(17)19)24-14-9-18(10-15-24)22(27)25-12-2-1-3-13-25/h4-8,11,18H,1-3,9-10,12-16H2. The molecule has 3 heterocycles. The van der Waals surface area contributed by atoms with Crippen LogP contribution in [0, 0.1) is 5.92 Å². The summed E-state index contributed by atoms with van der Waals surface area (Å²) in [6, 6.07) is 9.93. The molecule has 0 saturated carbocycles. The van der Waals surface area contributed by atoms with E-state index in [0.717, 1.165) is 55.2 Å². The first-order chi connectivity index (χ1) is 13.2. The molecular formula is C22H27N3O2. The van der Waals surface area contributed by atoms with Crippen molar-refractivity contribution in [3.05, 3.63) is 42.1 Å². The number of aromatic nitrogens is 1. The van der Waals surface area contributed by atoms with Crippen molar-refractivity contribution in [2.75, 3.05) is 26.2 Å². The number of nitrogens with zero attached hydrogens (tertiary/aromatic N) is 3. The quantitative estimate of drug-likeness (QED) is 0.840. The molecule has 0 unspecified atom stereocenters. The first-order valence-electron chi connectivity index (χ1n) is 10.1. The average molecular weight is 365 g/mol. The molecule has 0 aliphatic carbocycles. The lowest BCUT2D eigenvalue weighted by atomic mass is 9.94. The van der Waals surface area contributed by atoms with Crippen LogP contribution in [0.25, 0.3) is 10.9 Å². The van der Waals surface area contributed by atoms with Crippen LogP contribution in [0.3, 0.4) is 0 Å². The summed E-state index contributed by atoms with van der Waals surface area (Å²) in [4.78, 5) is 33.9. The molecule has 2 aromatic rings. The molecule has 1 aromatic heterocycles. The number of hydrogen-bond acceptors (Lipinski definition) is 3. The van der Waals surface area contributed by atoms with Crippen LogP contribution in [-0.2, 0) is 16.0 Å². The molecule has 0 bridgehead atoms. The lowest BCUT2D eigenvalue weighted by Crippen LogP contribution is -2.46. The highest BCUT2D eigenvalue weighted by molar-refractivity contribution is 5.88. The van der Waals surface area contributed by atoms with E-state index in [9.17, 15) is 9.59 Å². The summed E-state index contributed by atoms with van der Waals surface area (Å²) in [5, 5.41) is 1.06. The van der Waals surface area contributed by atoms with Crippen LogP contribution in [0.1, 0.15) is 37.7 Å². The van der Waals surface area contributed by atoms with E-state index in [1.54, 1.807) is 6.20 Å². The molecule has 1 aromatic carbocycles. The highest BCUT2D eigenvalue weighted by Crippen LogP contribution is 2.23. The van der Waals surface area contributed by atoms with Gasteiger partial charge in [0.25, 0.3) is 0 Å². The van der Waals surface area contributed by atoms with Gasteiger partial charge >= 0.3 is 0 Å². The fourth-order valence-electron chi connectivity index (χ4n) is 4.33. The molecule has 0 N–H and O–H groups in total. The summed E-state index contributed by atoms with van der Waals surface area (Å²) < 4.78 is 0. The third kappa shape index (κ3) is 3.97. The van der Waals surface area contributed by atoms with Gasteiger partial charge in [-0.05, 0) is 43.7 Å². The van der Waals surface area contributed by atoms with Gasteiger partial charge in [0.1, 0.15) is 0 Å². The molecule has 0 atom stereocenters. The number of piperidine rings is 2. The van der Waals surface area contributed by atoms with Gasteiger partial charge < -0.3 is 9.80 Å². The third-order valence-electron chi connectivity index (χ3n) is 5.92. The molecule has 2 aliphatic rings. The van der Waals surface area contributed by atoms with Gasteiger partial charge in [-0.2, -0.15) is 0 Å². The Hall–Kier alpha value is -2.43. The van der Waals surface area contributed by atoms with Crippen LogP contribution in [0.2, 0.25) is 0 Å². The third-order valence-corrected chi connectivity index (χ3v) is 5.92. The van der Waals surface area contributed by atoms with Crippen LogP contribution in [0.5, 0.6) is 0 Å². The minimum Gasteiger partial charge on any atom is -0.342 e. The van der Waals surface area contributed by atoms with Crippen molar-refractivity contribution in [2.24, 2.45) is 5.92 Å². The number of amides is 2. The minimum atomic E-state index is 0.0892. The van der Waals surface area contributed by atoms with Crippen molar-refractivity contribution in [3.63, 3.8) is 0 Å². The molecule has 2 aliphatic heterocycles. The lowest BCUT2D eigenvalue weighted by molar-refractivity contribution is -0.141. The van der Waals surface area contributed by atoms with Crippen molar-refractivity contribution in [1.82, 2.24) is 14.8 Å². The minimum absolute atomic E-state index is 0.0892. The SMILES string of the molecule is O=C(Cc1cccc2cccnc12)N1CCC(C(=O)N2CCCCC2)CC1. The maximum Gasteiger partial charge on any atom is 0.227 e. The number of benzene rings is 1. The van der Waals surface area contributed by atoms with E-state index >= 15 is 0 Å². The van der Waals surface area contributed by atoms with Crippen LogP contribution in [0.15, 0.2) is 36.5 Å². The highest BCUT2D eigenvalue weighted by atomic mass is 16.2. The van der Waals surface area contributed by atoms with E-state index in [2.05, 4.69) is 4.98 Å². The van der Waals surface area contributed by atoms with E-state index < -0.39 is 0 Å². The Labute approximate surface area is 160 Å². The molecule has 27 heavy (non-hydrogen) atoms. The zero-order valence-corrected chi connectivity index (χ0v) is 15.8. The van der Waals surface area contributed by atoms with Crippen molar-refractivity contribution in [1.29, 1.82) is 0 Å². The molecule has 0 radical (unpaired) electrons. The second-order valence-electron chi connectivity index (χ2n) is 7.71. The van der Waals surface area contributed by atoms with E-state index in [1.165, 1.54) is 6.42 Å². The van der Waals surface area contributed by atoms with Gasteiger partial charge in [-0.1, -0.05) is 24.3 Å². The Morgan fingerprint density at radius 3 is 2.44 bits per heavy atom. The van der Waals surface area contributed by atoms with Gasteiger partial charge in [-0.3, -0.25) is 14.6 Å². The van der Waals surface area contributed by atoms with Gasteiger partial charge in [0.05, 0.1) is 11.9 Å². The monoisotopic (exact) mass is 365 g/mol. The van der Waals surface area contributed by atoms with Gasteiger partial charge in [-0.15, -0.1) is 0 Å². The Morgan fingerprint density at radius 2 is 1.67 bits per heavy atom. The molecule has 142 valence electrons. The van der Waals surface area contributed by atoms with Crippen molar-refractivity contribution in [2.45, 2.75) is 38.5 Å². The number of likely N-dealkylation sites (tertiary alicyclic amines) is 2. The van der Waals surface area contributed by atoms with Crippen LogP contribution < -0.4 is 0 Å². The lowest BCUT2D eigenvalue weighted by Gasteiger charge is -2.35. The zero-order chi connectivity index (χ0) is 18.6. The Bertz CT molecular complexity index is 816. The Kier molecular flexibility index (Phi) is 5.37. The van der Waals surface area contributed by atoms with Crippen molar-refractivity contribution in [3.8, 4) is 0 Å². The molecule has 5 heteroatoms. The summed E-state index contributed by atoms with van der Waals surface area (Å²) in [5.74, 6) is 0.531. The molecule has 4 rings (SSSR count). The number of para-hydroxylation sites is 1. The summed E-state index contributed by atoms with van der Waals surface area (Å²) >= 11 is 0. The smallest absolute Gasteiger partial charge is 0.227 e. The largest absolute Gasteiger partial charge is 0.342 e. The van der Waals surface area contributed by atoms with Gasteiger partial charge in [-0.25, -0.2) is 0 Å². The molecule has 2 fully saturated rings. The highest BCUT2D eigenvalue weighted by Gasteiger charge is 2.30. The molecule has 2 amide bonds. The average Bonchev–Trinajstić information content (AvgIpc) is 2.74. The predicted molar refractivity (Wildman–Crippen MR) is 105 cm³/mol. The number of carbonyl (C=O) groups excluding carboxylic acids is 2. The van der Waals surface area contributed by atoms with Gasteiger partial charge in [0, 0.05) is 43.7 Å². The van der Waals surface area contributed by atoms with Crippen molar-refractivity contribution < 1.29 is 9.59 Å². The fourth-order valence-corrected chi connectivity index (χ4v) is 4.33. The molecule has 2 saturated heterocycles. The van der Waals surface area contributed by atoms with E-state index in [-0.39, 0.29) is 11.8 Å². The van der Waals surface area contributed by atoms with Crippen LogP contribution in [0.4, 0.5) is 0 Å². The second kappa shape index (κ2) is 8.07. The number of rotatable bonds is 3. The van der Waals surface area contributed by atoms with E-state index in [1.807, 2.05) is 40.1 Å². The van der Waals surface area contributed by atoms with Gasteiger partial charge in [0.2, 0.25) is 11.8 Å². The number of carbonyl (C=O) groups is 2. The summed E-state index contributed by atoms with van der Waals surface area (Å²) in [5.41, 5.74) is 1.88. The van der Waals surface area contributed by atoms with Crippen molar-refractivity contribution >= 4 is 22.7 Å². The zero-order valence-electron chi connectivity index (χ0n) is 15.8. The molecule has 5 nitrogen and oxygen atoms in total. The summed E-state index contributed by atoms with van der Waals surface area (Å²) in [6.07, 6.45) is 7.21. The first kappa shape index (κ1) is 18.0. The molecule has 0 spiro atoms. The Balaban J connectivity index is 1.35. The van der Waals surface area contributed by atoms with Gasteiger partial charge in [0.15, 0.2) is 0 Å². The fraction of sp³-hybridized carbons (Fsp3) is 0.500. The maximum atomic E-state index is 12.8. The van der Waals surface area contributed by atoms with E-state index in [4.69, 9.17) is 0 Å². The second-order valence-corrected chi connectivity index (χ2v) is 7.71. The molecular weight excluding hydrogens is 338 g/mol. The Morgan fingerprint density at radius 1 is 0.926 bits per heavy atom. The number of hydrogen-bond donors (Lipinski definition) is 0. The van der Waals surface area contributed by atoms with Crippen LogP contribution >= 0.6 is 0 Å².